The molecule has 3 rings (SSSR count). The first-order chi connectivity index (χ1) is 15.0. The highest BCUT2D eigenvalue weighted by Crippen LogP contribution is 2.31. The van der Waals surface area contributed by atoms with Crippen LogP contribution in [0.3, 0.4) is 0 Å². The largest absolute Gasteiger partial charge is 0.416 e. The van der Waals surface area contributed by atoms with E-state index in [1.165, 1.54) is 0 Å². The minimum absolute atomic E-state index is 0.0847. The monoisotopic (exact) mass is 469 g/mol. The molecule has 1 fully saturated rings. The molecule has 2 aromatic carbocycles. The van der Waals surface area contributed by atoms with Gasteiger partial charge in [-0.1, -0.05) is 25.1 Å². The number of sulfonamides is 1. The second-order valence-corrected chi connectivity index (χ2v) is 9.62. The Hall–Kier alpha value is -2.43. The molecule has 0 radical (unpaired) electrons. The van der Waals surface area contributed by atoms with Crippen molar-refractivity contribution in [3.63, 3.8) is 0 Å². The van der Waals surface area contributed by atoms with E-state index in [2.05, 4.69) is 5.32 Å². The maximum atomic E-state index is 13.0. The second kappa shape index (κ2) is 9.60. The number of piperazine rings is 1. The van der Waals surface area contributed by atoms with Crippen LogP contribution < -0.4 is 5.32 Å². The standard InChI is InChI=1S/C22H26F3N3O3S/c1-3-17-7-9-19(10-8-17)26-21(29)16(2)27-11-13-28(14-12-27)32(30,31)20-6-4-5-18(15-20)22(23,24)25/h4-10,15-16H,3,11-14H2,1-2H3,(H,26,29)/t16-/m1/s1. The van der Waals surface area contributed by atoms with E-state index in [1.807, 2.05) is 36.1 Å². The van der Waals surface area contributed by atoms with Crippen LogP contribution in [0.25, 0.3) is 0 Å². The molecule has 6 nitrogen and oxygen atoms in total. The zero-order valence-corrected chi connectivity index (χ0v) is 18.7. The van der Waals surface area contributed by atoms with Crippen LogP contribution in [0.1, 0.15) is 25.0 Å². The van der Waals surface area contributed by atoms with Gasteiger partial charge < -0.3 is 5.32 Å². The number of hydrogen-bond acceptors (Lipinski definition) is 4. The third-order valence-corrected chi connectivity index (χ3v) is 7.52. The fourth-order valence-electron chi connectivity index (χ4n) is 3.55. The van der Waals surface area contributed by atoms with Crippen molar-refractivity contribution in [3.8, 4) is 0 Å². The van der Waals surface area contributed by atoms with Crippen LogP contribution in [-0.4, -0.2) is 55.8 Å². The number of halogens is 3. The molecule has 1 amide bonds. The number of hydrogen-bond donors (Lipinski definition) is 1. The third kappa shape index (κ3) is 5.48. The van der Waals surface area contributed by atoms with E-state index < -0.39 is 27.8 Å². The molecule has 0 spiro atoms. The van der Waals surface area contributed by atoms with Crippen LogP contribution in [0.4, 0.5) is 18.9 Å². The van der Waals surface area contributed by atoms with E-state index in [0.29, 0.717) is 24.8 Å². The molecule has 0 unspecified atom stereocenters. The summed E-state index contributed by atoms with van der Waals surface area (Å²) in [5.41, 5.74) is 0.841. The molecular weight excluding hydrogens is 443 g/mol. The smallest absolute Gasteiger partial charge is 0.325 e. The molecule has 1 aliphatic heterocycles. The summed E-state index contributed by atoms with van der Waals surface area (Å²) >= 11 is 0. The molecule has 1 aliphatic rings. The van der Waals surface area contributed by atoms with Crippen LogP contribution in [0.2, 0.25) is 0 Å². The van der Waals surface area contributed by atoms with Crippen molar-refractivity contribution in [2.24, 2.45) is 0 Å². The Bertz CT molecular complexity index is 1050. The molecule has 0 aromatic heterocycles. The Morgan fingerprint density at radius 3 is 2.25 bits per heavy atom. The Morgan fingerprint density at radius 1 is 1.06 bits per heavy atom. The normalized spacial score (nSPS) is 17.2. The van der Waals surface area contributed by atoms with Crippen LogP contribution >= 0.6 is 0 Å². The van der Waals surface area contributed by atoms with Crippen molar-refractivity contribution in [3.05, 3.63) is 59.7 Å². The molecule has 10 heteroatoms. The highest BCUT2D eigenvalue weighted by Gasteiger charge is 2.35. The van der Waals surface area contributed by atoms with Crippen LogP contribution in [-0.2, 0) is 27.4 Å². The van der Waals surface area contributed by atoms with E-state index in [4.69, 9.17) is 0 Å². The lowest BCUT2D eigenvalue weighted by molar-refractivity contribution is -0.137. The third-order valence-electron chi connectivity index (χ3n) is 5.63. The number of amides is 1. The number of nitrogens with zero attached hydrogens (tertiary/aromatic N) is 2. The Morgan fingerprint density at radius 2 is 1.69 bits per heavy atom. The average Bonchev–Trinajstić information content (AvgIpc) is 2.78. The Balaban J connectivity index is 1.61. The van der Waals surface area contributed by atoms with E-state index >= 15 is 0 Å². The molecule has 0 saturated carbocycles. The van der Waals surface area contributed by atoms with Gasteiger partial charge in [0.05, 0.1) is 16.5 Å². The van der Waals surface area contributed by atoms with Crippen molar-refractivity contribution in [1.29, 1.82) is 0 Å². The topological polar surface area (TPSA) is 69.7 Å². The molecule has 1 atom stereocenters. The van der Waals surface area contributed by atoms with Gasteiger partial charge in [0.2, 0.25) is 15.9 Å². The number of alkyl halides is 3. The van der Waals surface area contributed by atoms with Crippen molar-refractivity contribution in [2.45, 2.75) is 37.4 Å². The lowest BCUT2D eigenvalue weighted by atomic mass is 10.1. The van der Waals surface area contributed by atoms with Crippen molar-refractivity contribution in [2.75, 3.05) is 31.5 Å². The minimum atomic E-state index is -4.62. The van der Waals surface area contributed by atoms with Gasteiger partial charge in [0.15, 0.2) is 0 Å². The number of nitrogens with one attached hydrogen (secondary N) is 1. The van der Waals surface area contributed by atoms with Crippen molar-refractivity contribution >= 4 is 21.6 Å². The molecule has 1 heterocycles. The average molecular weight is 470 g/mol. The first-order valence-electron chi connectivity index (χ1n) is 10.3. The van der Waals surface area contributed by atoms with Gasteiger partial charge in [-0.2, -0.15) is 17.5 Å². The SMILES string of the molecule is CCc1ccc(NC(=O)[C@@H](C)N2CCN(S(=O)(=O)c3cccc(C(F)(F)F)c3)CC2)cc1. The molecule has 1 saturated heterocycles. The summed E-state index contributed by atoms with van der Waals surface area (Å²) in [6.07, 6.45) is -3.72. The van der Waals surface area contributed by atoms with Gasteiger partial charge in [-0.05, 0) is 49.2 Å². The molecule has 32 heavy (non-hydrogen) atoms. The first kappa shape index (κ1) is 24.2. The summed E-state index contributed by atoms with van der Waals surface area (Å²) in [6.45, 7) is 4.54. The van der Waals surface area contributed by atoms with Gasteiger partial charge in [-0.3, -0.25) is 9.69 Å². The minimum Gasteiger partial charge on any atom is -0.325 e. The van der Waals surface area contributed by atoms with Crippen molar-refractivity contribution in [1.82, 2.24) is 9.21 Å². The zero-order chi connectivity index (χ0) is 23.5. The summed E-state index contributed by atoms with van der Waals surface area (Å²) in [7, 11) is -4.06. The summed E-state index contributed by atoms with van der Waals surface area (Å²) in [6, 6.07) is 10.8. The van der Waals surface area contributed by atoms with E-state index in [9.17, 15) is 26.4 Å². The van der Waals surface area contributed by atoms with Crippen LogP contribution in [0.5, 0.6) is 0 Å². The van der Waals surface area contributed by atoms with Gasteiger partial charge in [0.1, 0.15) is 0 Å². The fourth-order valence-corrected chi connectivity index (χ4v) is 5.02. The molecule has 0 aliphatic carbocycles. The number of rotatable bonds is 6. The molecule has 174 valence electrons. The number of carbonyl (C=O) groups excluding carboxylic acids is 1. The molecule has 2 aromatic rings. The Kier molecular flexibility index (Phi) is 7.26. The number of anilines is 1. The lowest BCUT2D eigenvalue weighted by Gasteiger charge is -2.36. The predicted octanol–water partition coefficient (Wildman–Crippen LogP) is 3.60. The predicted molar refractivity (Wildman–Crippen MR) is 116 cm³/mol. The zero-order valence-electron chi connectivity index (χ0n) is 17.9. The van der Waals surface area contributed by atoms with Gasteiger partial charge in [-0.15, -0.1) is 0 Å². The summed E-state index contributed by atoms with van der Waals surface area (Å²) in [4.78, 5) is 14.1. The lowest BCUT2D eigenvalue weighted by Crippen LogP contribution is -2.53. The van der Waals surface area contributed by atoms with E-state index in [-0.39, 0.29) is 23.9 Å². The molecule has 1 N–H and O–H groups in total. The first-order valence-corrected chi connectivity index (χ1v) is 11.8. The Labute approximate surface area is 186 Å². The molecule has 0 bridgehead atoms. The highest BCUT2D eigenvalue weighted by molar-refractivity contribution is 7.89. The summed E-state index contributed by atoms with van der Waals surface area (Å²) in [5.74, 6) is -0.205. The van der Waals surface area contributed by atoms with Crippen LogP contribution in [0, 0.1) is 0 Å². The quantitative estimate of drug-likeness (QED) is 0.702. The number of carbonyl (C=O) groups is 1. The van der Waals surface area contributed by atoms with Gasteiger partial charge in [0.25, 0.3) is 0 Å². The summed E-state index contributed by atoms with van der Waals surface area (Å²) in [5, 5.41) is 2.86. The van der Waals surface area contributed by atoms with Gasteiger partial charge >= 0.3 is 6.18 Å². The van der Waals surface area contributed by atoms with E-state index in [0.717, 1.165) is 34.5 Å². The van der Waals surface area contributed by atoms with Gasteiger partial charge in [0, 0.05) is 31.9 Å². The van der Waals surface area contributed by atoms with Crippen LogP contribution in [0.15, 0.2) is 53.4 Å². The van der Waals surface area contributed by atoms with E-state index in [1.54, 1.807) is 6.92 Å². The highest BCUT2D eigenvalue weighted by atomic mass is 32.2. The number of benzene rings is 2. The van der Waals surface area contributed by atoms with Gasteiger partial charge in [-0.25, -0.2) is 8.42 Å². The molecular formula is C22H26F3N3O3S. The summed E-state index contributed by atoms with van der Waals surface area (Å²) < 4.78 is 65.7. The fraction of sp³-hybridized carbons (Fsp3) is 0.409. The maximum absolute atomic E-state index is 13.0. The van der Waals surface area contributed by atoms with Crippen molar-refractivity contribution < 1.29 is 26.4 Å². The second-order valence-electron chi connectivity index (χ2n) is 7.68. The maximum Gasteiger partial charge on any atom is 0.416 e. The number of aryl methyl sites for hydroxylation is 1.